The lowest BCUT2D eigenvalue weighted by Gasteiger charge is -2.28. The fourth-order valence-electron chi connectivity index (χ4n) is 1.99. The van der Waals surface area contributed by atoms with Crippen molar-refractivity contribution < 1.29 is 8.78 Å². The van der Waals surface area contributed by atoms with Gasteiger partial charge in [0, 0.05) is 13.1 Å². The van der Waals surface area contributed by atoms with Gasteiger partial charge < -0.3 is 4.90 Å². The second-order valence-corrected chi connectivity index (χ2v) is 4.13. The molecular weight excluding hydrogens is 222 g/mol. The summed E-state index contributed by atoms with van der Waals surface area (Å²) in [5.41, 5.74) is 1.12. The van der Waals surface area contributed by atoms with Crippen molar-refractivity contribution in [1.29, 1.82) is 5.26 Å². The van der Waals surface area contributed by atoms with Gasteiger partial charge in [-0.25, -0.2) is 8.78 Å². The number of hydrogen-bond acceptors (Lipinski definition) is 2. The van der Waals surface area contributed by atoms with E-state index in [-0.39, 0.29) is 11.3 Å². The molecule has 1 aliphatic rings. The van der Waals surface area contributed by atoms with E-state index >= 15 is 0 Å². The number of halogens is 2. The third-order valence-corrected chi connectivity index (χ3v) is 2.86. The molecule has 1 aliphatic heterocycles. The third kappa shape index (κ3) is 2.14. The fraction of sp³-hybridized carbons (Fsp3) is 0.308. The molecule has 0 saturated carbocycles. The monoisotopic (exact) mass is 234 g/mol. The van der Waals surface area contributed by atoms with E-state index in [4.69, 9.17) is 5.26 Å². The molecule has 0 unspecified atom stereocenters. The Morgan fingerprint density at radius 2 is 2.06 bits per heavy atom. The Bertz CT molecular complexity index is 515. The molecule has 0 aromatic heterocycles. The average Bonchev–Trinajstić information content (AvgIpc) is 2.32. The van der Waals surface area contributed by atoms with E-state index in [1.54, 1.807) is 11.0 Å². The van der Waals surface area contributed by atoms with Crippen LogP contribution in [0.3, 0.4) is 0 Å². The van der Waals surface area contributed by atoms with Crippen molar-refractivity contribution in [2.45, 2.75) is 13.3 Å². The van der Waals surface area contributed by atoms with Gasteiger partial charge in [0.2, 0.25) is 0 Å². The van der Waals surface area contributed by atoms with E-state index in [0.29, 0.717) is 13.1 Å². The number of nitrogens with zero attached hydrogens (tertiary/aromatic N) is 2. The number of benzene rings is 1. The van der Waals surface area contributed by atoms with Crippen molar-refractivity contribution in [2.75, 3.05) is 18.0 Å². The van der Waals surface area contributed by atoms with Gasteiger partial charge in [-0.1, -0.05) is 11.6 Å². The van der Waals surface area contributed by atoms with E-state index in [0.717, 1.165) is 12.0 Å². The third-order valence-electron chi connectivity index (χ3n) is 2.86. The van der Waals surface area contributed by atoms with Crippen LogP contribution in [0.25, 0.3) is 0 Å². The van der Waals surface area contributed by atoms with Crippen molar-refractivity contribution in [3.8, 4) is 6.07 Å². The van der Waals surface area contributed by atoms with Crippen LogP contribution in [0.5, 0.6) is 0 Å². The highest BCUT2D eigenvalue weighted by Gasteiger charge is 2.19. The number of anilines is 1. The molecule has 1 heterocycles. The quantitative estimate of drug-likeness (QED) is 0.698. The SMILES string of the molecule is CC1=CCCN(c2ccc(C#N)c(F)c2F)C1. The zero-order valence-corrected chi connectivity index (χ0v) is 9.50. The van der Waals surface area contributed by atoms with Crippen molar-refractivity contribution in [3.05, 3.63) is 41.0 Å². The molecule has 1 aromatic rings. The first-order valence-corrected chi connectivity index (χ1v) is 5.42. The first-order valence-electron chi connectivity index (χ1n) is 5.42. The van der Waals surface area contributed by atoms with Crippen molar-refractivity contribution in [1.82, 2.24) is 0 Å². The zero-order valence-electron chi connectivity index (χ0n) is 9.50. The van der Waals surface area contributed by atoms with Crippen LogP contribution in [0.2, 0.25) is 0 Å². The first-order chi connectivity index (χ1) is 8.13. The van der Waals surface area contributed by atoms with Crippen LogP contribution in [0.4, 0.5) is 14.5 Å². The van der Waals surface area contributed by atoms with Gasteiger partial charge >= 0.3 is 0 Å². The molecule has 0 bridgehead atoms. The maximum atomic E-state index is 13.8. The summed E-state index contributed by atoms with van der Waals surface area (Å²) in [6, 6.07) is 4.42. The summed E-state index contributed by atoms with van der Waals surface area (Å²) in [6.07, 6.45) is 2.92. The number of rotatable bonds is 1. The second kappa shape index (κ2) is 4.54. The molecule has 0 aliphatic carbocycles. The molecule has 2 nitrogen and oxygen atoms in total. The Balaban J connectivity index is 2.38. The molecule has 4 heteroatoms. The molecule has 0 spiro atoms. The van der Waals surface area contributed by atoms with Gasteiger partial charge in [0.25, 0.3) is 0 Å². The minimum atomic E-state index is -1.06. The van der Waals surface area contributed by atoms with Crippen LogP contribution >= 0.6 is 0 Å². The standard InChI is InChI=1S/C13H12F2N2/c1-9-3-2-6-17(8-9)11-5-4-10(7-16)12(14)13(11)15/h3-5H,2,6,8H2,1H3. The Labute approximate surface area is 98.8 Å². The van der Waals surface area contributed by atoms with Crippen molar-refractivity contribution in [2.24, 2.45) is 0 Å². The van der Waals surface area contributed by atoms with Crippen LogP contribution < -0.4 is 4.90 Å². The van der Waals surface area contributed by atoms with Gasteiger partial charge in [0.15, 0.2) is 11.6 Å². The summed E-state index contributed by atoms with van der Waals surface area (Å²) in [7, 11) is 0. The van der Waals surface area contributed by atoms with Crippen LogP contribution in [0.1, 0.15) is 18.9 Å². The smallest absolute Gasteiger partial charge is 0.183 e. The van der Waals surface area contributed by atoms with Crippen molar-refractivity contribution in [3.63, 3.8) is 0 Å². The minimum absolute atomic E-state index is 0.231. The fourth-order valence-corrected chi connectivity index (χ4v) is 1.99. The van der Waals surface area contributed by atoms with Gasteiger partial charge in [-0.05, 0) is 25.5 Å². The zero-order chi connectivity index (χ0) is 12.4. The van der Waals surface area contributed by atoms with Gasteiger partial charge in [0.05, 0.1) is 11.3 Å². The second-order valence-electron chi connectivity index (χ2n) is 4.13. The lowest BCUT2D eigenvalue weighted by Crippen LogP contribution is -2.30. The molecule has 0 fully saturated rings. The molecule has 88 valence electrons. The molecule has 0 radical (unpaired) electrons. The Morgan fingerprint density at radius 1 is 1.29 bits per heavy atom. The normalized spacial score (nSPS) is 15.4. The van der Waals surface area contributed by atoms with E-state index < -0.39 is 11.6 Å². The highest BCUT2D eigenvalue weighted by molar-refractivity contribution is 5.53. The summed E-state index contributed by atoms with van der Waals surface area (Å²) in [6.45, 7) is 3.23. The molecule has 0 atom stereocenters. The molecule has 0 amide bonds. The molecule has 17 heavy (non-hydrogen) atoms. The van der Waals surface area contributed by atoms with E-state index in [2.05, 4.69) is 6.08 Å². The topological polar surface area (TPSA) is 27.0 Å². The van der Waals surface area contributed by atoms with E-state index in [1.165, 1.54) is 12.1 Å². The van der Waals surface area contributed by atoms with E-state index in [9.17, 15) is 8.78 Å². The molecule has 0 saturated heterocycles. The van der Waals surface area contributed by atoms with Crippen LogP contribution in [0.15, 0.2) is 23.8 Å². The summed E-state index contributed by atoms with van der Waals surface area (Å²) in [5, 5.41) is 8.61. The summed E-state index contributed by atoms with van der Waals surface area (Å²) in [5.74, 6) is -1.99. The molecular formula is C13H12F2N2. The van der Waals surface area contributed by atoms with Crippen LogP contribution in [-0.4, -0.2) is 13.1 Å². The highest BCUT2D eigenvalue weighted by atomic mass is 19.2. The number of hydrogen-bond donors (Lipinski definition) is 0. The summed E-state index contributed by atoms with van der Waals surface area (Å²) in [4.78, 5) is 1.79. The predicted octanol–water partition coefficient (Wildman–Crippen LogP) is 2.99. The Morgan fingerprint density at radius 3 is 2.71 bits per heavy atom. The number of nitriles is 1. The van der Waals surface area contributed by atoms with Gasteiger partial charge in [-0.2, -0.15) is 5.26 Å². The largest absolute Gasteiger partial charge is 0.365 e. The Hall–Kier alpha value is -1.89. The molecule has 2 rings (SSSR count). The first kappa shape index (κ1) is 11.6. The predicted molar refractivity (Wildman–Crippen MR) is 61.7 cm³/mol. The van der Waals surface area contributed by atoms with Gasteiger partial charge in [-0.3, -0.25) is 0 Å². The maximum Gasteiger partial charge on any atom is 0.183 e. The van der Waals surface area contributed by atoms with Gasteiger partial charge in [-0.15, -0.1) is 0 Å². The summed E-state index contributed by atoms with van der Waals surface area (Å²) >= 11 is 0. The maximum absolute atomic E-state index is 13.8. The van der Waals surface area contributed by atoms with Crippen LogP contribution in [0, 0.1) is 23.0 Å². The highest BCUT2D eigenvalue weighted by Crippen LogP contribution is 2.26. The molecule has 0 N–H and O–H groups in total. The lowest BCUT2D eigenvalue weighted by molar-refractivity contribution is 0.504. The Kier molecular flexibility index (Phi) is 3.10. The van der Waals surface area contributed by atoms with E-state index in [1.807, 2.05) is 6.92 Å². The average molecular weight is 234 g/mol. The van der Waals surface area contributed by atoms with Crippen molar-refractivity contribution >= 4 is 5.69 Å². The van der Waals surface area contributed by atoms with Gasteiger partial charge in [0.1, 0.15) is 6.07 Å². The summed E-state index contributed by atoms with van der Waals surface area (Å²) < 4.78 is 27.2. The molecule has 1 aromatic carbocycles. The van der Waals surface area contributed by atoms with Crippen LogP contribution in [-0.2, 0) is 0 Å². The minimum Gasteiger partial charge on any atom is -0.365 e. The lowest BCUT2D eigenvalue weighted by atomic mass is 10.1.